The van der Waals surface area contributed by atoms with E-state index >= 15 is 0 Å². The lowest BCUT2D eigenvalue weighted by Gasteiger charge is -2.11. The Morgan fingerprint density at radius 2 is 0.726 bits per heavy atom. The summed E-state index contributed by atoms with van der Waals surface area (Å²) in [7, 11) is 0. The summed E-state index contributed by atoms with van der Waals surface area (Å²) in [4.78, 5) is 0. The van der Waals surface area contributed by atoms with Crippen molar-refractivity contribution in [3.63, 3.8) is 0 Å². The summed E-state index contributed by atoms with van der Waals surface area (Å²) in [5.74, 6) is 0. The highest BCUT2D eigenvalue weighted by Gasteiger charge is 2.17. The molecule has 2 nitrogen and oxygen atoms in total. The molecule has 0 bridgehead atoms. The predicted octanol–water partition coefficient (Wildman–Crippen LogP) is 16.2. The van der Waals surface area contributed by atoms with Gasteiger partial charge in [0.1, 0.15) is 0 Å². The molecule has 0 saturated carbocycles. The molecule has 62 heavy (non-hydrogen) atoms. The average Bonchev–Trinajstić information content (AvgIpc) is 3.94. The second-order valence-electron chi connectivity index (χ2n) is 15.6. The molecule has 0 unspecified atom stereocenters. The van der Waals surface area contributed by atoms with Crippen molar-refractivity contribution in [2.45, 2.75) is 0 Å². The molecule has 12 rings (SSSR count). The van der Waals surface area contributed by atoms with Crippen molar-refractivity contribution in [2.24, 2.45) is 0 Å². The maximum atomic E-state index is 9.95. The number of rotatable bonds is 7. The molecule has 0 N–H and O–H groups in total. The molecule has 290 valence electrons. The van der Waals surface area contributed by atoms with Crippen molar-refractivity contribution >= 4 is 43.6 Å². The Hall–Kier alpha value is -8.20. The van der Waals surface area contributed by atoms with Gasteiger partial charge in [-0.1, -0.05) is 176 Å². The summed E-state index contributed by atoms with van der Waals surface area (Å²) in [6.45, 7) is 0. The van der Waals surface area contributed by atoms with Crippen molar-refractivity contribution in [2.75, 3.05) is 0 Å². The van der Waals surface area contributed by atoms with Gasteiger partial charge in [-0.2, -0.15) is 0 Å². The molecule has 0 aliphatic heterocycles. The fourth-order valence-corrected chi connectivity index (χ4v) is 8.93. The third-order valence-corrected chi connectivity index (χ3v) is 12.0. The van der Waals surface area contributed by atoms with Gasteiger partial charge in [0.15, 0.2) is 0 Å². The highest BCUT2D eigenvalue weighted by molar-refractivity contribution is 6.13. The molecule has 0 atom stereocenters. The second kappa shape index (κ2) is 14.8. The summed E-state index contributed by atoms with van der Waals surface area (Å²) < 4.78 is 69.2. The van der Waals surface area contributed by atoms with E-state index in [9.17, 15) is 6.85 Å². The zero-order chi connectivity index (χ0) is 47.1. The highest BCUT2D eigenvalue weighted by atomic mass is 15.0. The van der Waals surface area contributed by atoms with Crippen LogP contribution in [0.4, 0.5) is 0 Å². The van der Waals surface area contributed by atoms with Crippen molar-refractivity contribution in [1.29, 1.82) is 0 Å². The van der Waals surface area contributed by atoms with Gasteiger partial charge in [-0.3, -0.25) is 0 Å². The monoisotopic (exact) mass is 795 g/mol. The maximum absolute atomic E-state index is 9.95. The Morgan fingerprint density at radius 1 is 0.258 bits per heavy atom. The summed E-state index contributed by atoms with van der Waals surface area (Å²) >= 11 is 0. The molecule has 0 aliphatic carbocycles. The maximum Gasteiger partial charge on any atom is 0.0645 e. The molecule has 0 radical (unpaired) electrons. The van der Waals surface area contributed by atoms with Gasteiger partial charge >= 0.3 is 0 Å². The minimum Gasteiger partial charge on any atom is -0.309 e. The average molecular weight is 796 g/mol. The molecule has 0 aliphatic rings. The lowest BCUT2D eigenvalue weighted by atomic mass is 9.99. The summed E-state index contributed by atoms with van der Waals surface area (Å²) in [5, 5.41) is 2.21. The van der Waals surface area contributed by atoms with Crippen LogP contribution in [0, 0.1) is 0 Å². The fraction of sp³-hybridized carbons (Fsp3) is 0. The van der Waals surface area contributed by atoms with Gasteiger partial charge in [0.05, 0.1) is 31.7 Å². The quantitative estimate of drug-likeness (QED) is 0.152. The van der Waals surface area contributed by atoms with Gasteiger partial charge in [0.25, 0.3) is 0 Å². The highest BCUT2D eigenvalue weighted by Crippen LogP contribution is 2.40. The van der Waals surface area contributed by atoms with Gasteiger partial charge in [0.2, 0.25) is 0 Å². The van der Waals surface area contributed by atoms with Crippen LogP contribution < -0.4 is 0 Å². The van der Waals surface area contributed by atoms with E-state index in [0.29, 0.717) is 11.3 Å². The Bertz CT molecular complexity index is 3990. The van der Waals surface area contributed by atoms with Crippen LogP contribution in [-0.2, 0) is 0 Å². The molecule has 0 fully saturated rings. The number of hydrogen-bond donors (Lipinski definition) is 0. The Balaban J connectivity index is 1.05. The zero-order valence-corrected chi connectivity index (χ0v) is 33.4. The van der Waals surface area contributed by atoms with E-state index in [1.54, 1.807) is 4.57 Å². The molecule has 12 aromatic rings. The Kier molecular flexibility index (Phi) is 6.95. The largest absolute Gasteiger partial charge is 0.309 e. The van der Waals surface area contributed by atoms with Crippen LogP contribution in [0.15, 0.2) is 242 Å². The zero-order valence-electron chi connectivity index (χ0n) is 40.4. The number of benzene rings is 10. The van der Waals surface area contributed by atoms with Crippen molar-refractivity contribution in [1.82, 2.24) is 9.13 Å². The smallest absolute Gasteiger partial charge is 0.0645 e. The number of fused-ring (bicyclic) bond motifs is 6. The van der Waals surface area contributed by atoms with E-state index < -0.39 is 12.1 Å². The minimum absolute atomic E-state index is 0.0833. The van der Waals surface area contributed by atoms with Crippen LogP contribution >= 0.6 is 0 Å². The van der Waals surface area contributed by atoms with Gasteiger partial charge in [-0.15, -0.1) is 0 Å². The first kappa shape index (κ1) is 29.1. The summed E-state index contributed by atoms with van der Waals surface area (Å²) in [6.07, 6.45) is 0. The standard InChI is InChI=1S/C60H40N2/c1-4-13-41(14-5-1)44-23-30-52(31-24-44)62-59-36-29-49(39-56(59)54-34-27-50(40-60(54)62)43-17-8-3-9-18-43)48-28-35-58-55(38-48)53-21-10-11-22-57(53)61(58)51-32-25-45(26-33-51)47-20-12-19-46(37-47)42-15-6-2-7-16-42/h1-40H/i10D,11D,21D,22D,28D,35D,38D. The van der Waals surface area contributed by atoms with Crippen molar-refractivity contribution in [3.8, 4) is 67.0 Å². The van der Waals surface area contributed by atoms with Gasteiger partial charge < -0.3 is 9.13 Å². The van der Waals surface area contributed by atoms with E-state index in [0.717, 1.165) is 72.0 Å². The first-order valence-electron chi connectivity index (χ1n) is 24.3. The normalized spacial score (nSPS) is 13.1. The van der Waals surface area contributed by atoms with Gasteiger partial charge in [-0.25, -0.2) is 0 Å². The number of nitrogens with zero attached hydrogens (tertiary/aromatic N) is 2. The van der Waals surface area contributed by atoms with Gasteiger partial charge in [-0.05, 0) is 122 Å². The van der Waals surface area contributed by atoms with Crippen molar-refractivity contribution in [3.05, 3.63) is 242 Å². The third-order valence-electron chi connectivity index (χ3n) is 12.0. The molecular weight excluding hydrogens is 749 g/mol. The fourth-order valence-electron chi connectivity index (χ4n) is 8.93. The number of hydrogen-bond acceptors (Lipinski definition) is 0. The third kappa shape index (κ3) is 6.12. The Morgan fingerprint density at radius 3 is 1.37 bits per heavy atom. The molecule has 0 amide bonds. The molecule has 2 aromatic heterocycles. The number of para-hydroxylation sites is 1. The van der Waals surface area contributed by atoms with Crippen LogP contribution in [0.1, 0.15) is 9.60 Å². The first-order chi connectivity index (χ1) is 33.7. The molecule has 0 spiro atoms. The molecule has 2 heteroatoms. The summed E-state index contributed by atoms with van der Waals surface area (Å²) in [6, 6.07) is 65.6. The van der Waals surface area contributed by atoms with Crippen LogP contribution in [0.2, 0.25) is 0 Å². The second-order valence-corrected chi connectivity index (χ2v) is 15.6. The molecule has 0 saturated heterocycles. The lowest BCUT2D eigenvalue weighted by Crippen LogP contribution is -1.94. The van der Waals surface area contributed by atoms with E-state index in [1.807, 2.05) is 109 Å². The molecule has 2 heterocycles. The molecule has 10 aromatic carbocycles. The topological polar surface area (TPSA) is 9.86 Å². The first-order valence-corrected chi connectivity index (χ1v) is 20.8. The van der Waals surface area contributed by atoms with E-state index in [-0.39, 0.29) is 57.6 Å². The van der Waals surface area contributed by atoms with Crippen LogP contribution in [0.5, 0.6) is 0 Å². The SMILES string of the molecule is [2H]c1c([2H])c([2H])c2c(c1[2H])c1c([2H])c(-c3ccc4c(c3)c3ccc(-c5ccccc5)cc3n4-c3ccc(-c4ccccc4)cc3)c([2H])c([2H])c1n2-c1ccc(-c2cccc(-c3ccccc3)c2)cc1. The van der Waals surface area contributed by atoms with E-state index in [1.165, 1.54) is 0 Å². The number of aromatic nitrogens is 2. The van der Waals surface area contributed by atoms with Gasteiger partial charge in [0, 0.05) is 32.9 Å². The lowest BCUT2D eigenvalue weighted by molar-refractivity contribution is 1.18. The Labute approximate surface area is 370 Å². The van der Waals surface area contributed by atoms with Crippen LogP contribution in [-0.4, -0.2) is 9.13 Å². The molecular formula is C60H40N2. The van der Waals surface area contributed by atoms with E-state index in [2.05, 4.69) is 95.6 Å². The van der Waals surface area contributed by atoms with Crippen LogP contribution in [0.3, 0.4) is 0 Å². The predicted molar refractivity (Wildman–Crippen MR) is 262 cm³/mol. The summed E-state index contributed by atoms with van der Waals surface area (Å²) in [5.41, 5.74) is 13.0. The minimum atomic E-state index is -0.427. The van der Waals surface area contributed by atoms with E-state index in [4.69, 9.17) is 2.74 Å². The van der Waals surface area contributed by atoms with Crippen LogP contribution in [0.25, 0.3) is 111 Å². The van der Waals surface area contributed by atoms with Crippen molar-refractivity contribution < 1.29 is 9.60 Å².